The Morgan fingerprint density at radius 2 is 1.98 bits per heavy atom. The van der Waals surface area contributed by atoms with Gasteiger partial charge in [0.2, 0.25) is 5.95 Å². The Morgan fingerprint density at radius 3 is 2.60 bits per heavy atom. The van der Waals surface area contributed by atoms with Crippen molar-refractivity contribution in [3.05, 3.63) is 34.9 Å². The van der Waals surface area contributed by atoms with Gasteiger partial charge in [-0.05, 0) is 56.6 Å². The molecule has 1 fully saturated rings. The number of nitrogens with one attached hydrogen (secondary N) is 1. The predicted octanol–water partition coefficient (Wildman–Crippen LogP) is 8.74. The van der Waals surface area contributed by atoms with Crippen LogP contribution in [-0.4, -0.2) is 53.5 Å². The number of nitrogens with zero attached hydrogens (tertiary/aromatic N) is 5. The molecule has 1 saturated heterocycles. The van der Waals surface area contributed by atoms with Crippen LogP contribution in [0.2, 0.25) is 0 Å². The third-order valence-corrected chi connectivity index (χ3v) is 10.0. The van der Waals surface area contributed by atoms with Crippen LogP contribution in [0.25, 0.3) is 32.2 Å². The first-order valence-electron chi connectivity index (χ1n) is 17.3. The number of benzene rings is 1. The fourth-order valence-corrected chi connectivity index (χ4v) is 7.79. The first kappa shape index (κ1) is 39.3. The number of aromatic nitrogens is 3. The number of thiophene rings is 1. The van der Waals surface area contributed by atoms with E-state index in [1.807, 2.05) is 20.0 Å². The van der Waals surface area contributed by atoms with Gasteiger partial charge >= 0.3 is 6.09 Å². The number of nitriles is 1. The van der Waals surface area contributed by atoms with E-state index in [1.165, 1.54) is 12.8 Å². The zero-order valence-electron chi connectivity index (χ0n) is 30.7. The number of hydrogen-bond acceptors (Lipinski definition) is 10. The molecule has 0 aliphatic carbocycles. The van der Waals surface area contributed by atoms with Crippen LogP contribution in [0, 0.1) is 29.0 Å². The molecule has 4 aromatic rings. The molecule has 3 aromatic heterocycles. The number of rotatable bonds is 7. The van der Waals surface area contributed by atoms with E-state index in [9.17, 15) is 10.1 Å². The Bertz CT molecular complexity index is 1870. The Balaban J connectivity index is 0.000000497. The minimum Gasteiger partial charge on any atom is -0.444 e. The molecule has 0 bridgehead atoms. The largest absolute Gasteiger partial charge is 0.444 e. The monoisotopic (exact) mass is 724 g/mol. The van der Waals surface area contributed by atoms with Crippen LogP contribution in [0.5, 0.6) is 0 Å². The molecule has 2 unspecified atom stereocenters. The lowest BCUT2D eigenvalue weighted by molar-refractivity contribution is 0.0636. The van der Waals surface area contributed by atoms with E-state index in [0.717, 1.165) is 82.5 Å². The van der Waals surface area contributed by atoms with Crippen molar-refractivity contribution in [2.24, 2.45) is 11.8 Å². The summed E-state index contributed by atoms with van der Waals surface area (Å²) in [5.74, 6) is 1.40. The molecule has 0 saturated carbocycles. The SMILES string of the molecule is CC.CCCC(C)COC.C[C@H]1CCN(c2ncc3c4c(c(-c5ncc(F)c6sc(NC(=O)OC(C)(C)C)c(C#N)c56)c(P)c3n2)COC4)C1. The van der Waals surface area contributed by atoms with E-state index >= 15 is 4.39 Å². The summed E-state index contributed by atoms with van der Waals surface area (Å²) >= 11 is 0.981. The van der Waals surface area contributed by atoms with Crippen LogP contribution < -0.4 is 15.5 Å². The summed E-state index contributed by atoms with van der Waals surface area (Å²) in [7, 11) is 4.53. The van der Waals surface area contributed by atoms with Crippen molar-refractivity contribution in [3.8, 4) is 17.3 Å². The maximum Gasteiger partial charge on any atom is 0.412 e. The summed E-state index contributed by atoms with van der Waals surface area (Å²) in [6.07, 6.45) is 5.92. The van der Waals surface area contributed by atoms with Gasteiger partial charge in [-0.2, -0.15) is 5.26 Å². The minimum absolute atomic E-state index is 0.124. The van der Waals surface area contributed by atoms with Gasteiger partial charge in [0.25, 0.3) is 0 Å². The van der Waals surface area contributed by atoms with Gasteiger partial charge in [-0.3, -0.25) is 10.3 Å². The molecular weight excluding hydrogens is 674 g/mol. The van der Waals surface area contributed by atoms with E-state index in [2.05, 4.69) is 56.3 Å². The number of methoxy groups -OCH3 is 1. The molecule has 2 aliphatic heterocycles. The molecule has 13 heteroatoms. The zero-order chi connectivity index (χ0) is 36.7. The highest BCUT2D eigenvalue weighted by molar-refractivity contribution is 7.29. The number of carbonyl (C=O) groups is 1. The first-order valence-corrected chi connectivity index (χ1v) is 18.7. The lowest BCUT2D eigenvalue weighted by atomic mass is 9.94. The average Bonchev–Trinajstić information content (AvgIpc) is 3.82. The van der Waals surface area contributed by atoms with Crippen LogP contribution >= 0.6 is 20.6 Å². The minimum atomic E-state index is -0.737. The van der Waals surface area contributed by atoms with Crippen LogP contribution in [0.15, 0.2) is 12.4 Å². The van der Waals surface area contributed by atoms with Crippen LogP contribution in [0.1, 0.15) is 91.3 Å². The van der Waals surface area contributed by atoms with Crippen LogP contribution in [-0.2, 0) is 27.4 Å². The van der Waals surface area contributed by atoms with E-state index in [0.29, 0.717) is 36.2 Å². The van der Waals surface area contributed by atoms with Crippen LogP contribution in [0.3, 0.4) is 0 Å². The molecule has 6 rings (SSSR count). The van der Waals surface area contributed by atoms with Crippen molar-refractivity contribution in [3.63, 3.8) is 0 Å². The summed E-state index contributed by atoms with van der Waals surface area (Å²) in [6, 6.07) is 2.16. The van der Waals surface area contributed by atoms with Gasteiger partial charge in [-0.25, -0.2) is 19.2 Å². The van der Waals surface area contributed by atoms with Gasteiger partial charge in [-0.1, -0.05) is 41.0 Å². The van der Waals surface area contributed by atoms with Crippen molar-refractivity contribution in [1.29, 1.82) is 5.26 Å². The van der Waals surface area contributed by atoms with Crippen molar-refractivity contribution in [2.75, 3.05) is 37.0 Å². The molecule has 3 atom stereocenters. The van der Waals surface area contributed by atoms with E-state index in [-0.39, 0.29) is 15.3 Å². The topological polar surface area (TPSA) is 122 Å². The Kier molecular flexibility index (Phi) is 13.5. The number of halogens is 1. The van der Waals surface area contributed by atoms with Crippen LogP contribution in [0.4, 0.5) is 20.1 Å². The maximum atomic E-state index is 15.1. The number of amides is 1. The third kappa shape index (κ3) is 8.68. The van der Waals surface area contributed by atoms with Crippen molar-refractivity contribution < 1.29 is 23.4 Å². The highest BCUT2D eigenvalue weighted by Crippen LogP contribution is 2.44. The highest BCUT2D eigenvalue weighted by atomic mass is 32.1. The lowest BCUT2D eigenvalue weighted by Gasteiger charge is -2.19. The fraction of sp³-hybridized carbons (Fsp3) is 0.541. The zero-order valence-corrected chi connectivity index (χ0v) is 32.7. The maximum absolute atomic E-state index is 15.1. The molecule has 1 amide bonds. The standard InChI is InChI=1S/C28H28FN6O3PS.C7H16O.C2H6/c1-13-5-6-35(10-13)26-32-8-15-16-11-37-12-17(16)19(23(39)21(15)33-26)22-20-14(7-30)25(34-27(36)38-28(2,3)4)40-24(20)18(29)9-31-22;1-4-5-7(2)6-8-3;1-2/h8-9,13H,5-6,10-12,39H2,1-4H3,(H,34,36);7H,4-6H2,1-3H3;1-2H3/t13-;;/m0../s1. The number of hydrogen-bond donors (Lipinski definition) is 1. The van der Waals surface area contributed by atoms with Crippen molar-refractivity contribution in [2.45, 2.75) is 93.5 Å². The normalized spacial score (nSPS) is 15.9. The van der Waals surface area contributed by atoms with Gasteiger partial charge < -0.3 is 19.1 Å². The molecule has 0 radical (unpaired) electrons. The van der Waals surface area contributed by atoms with Gasteiger partial charge in [0.05, 0.1) is 40.9 Å². The van der Waals surface area contributed by atoms with E-state index in [1.54, 1.807) is 27.9 Å². The first-order chi connectivity index (χ1) is 23.9. The molecular formula is C37H50FN6O4PS. The average molecular weight is 725 g/mol. The quantitative estimate of drug-likeness (QED) is 0.187. The Morgan fingerprint density at radius 1 is 1.26 bits per heavy atom. The number of carbonyl (C=O) groups excluding carboxylic acids is 1. The fourth-order valence-electron chi connectivity index (χ4n) is 6.22. The van der Waals surface area contributed by atoms with Gasteiger partial charge in [0, 0.05) is 54.6 Å². The predicted molar refractivity (Wildman–Crippen MR) is 204 cm³/mol. The van der Waals surface area contributed by atoms with E-state index < -0.39 is 17.5 Å². The van der Waals surface area contributed by atoms with E-state index in [4.69, 9.17) is 19.2 Å². The van der Waals surface area contributed by atoms with Gasteiger partial charge in [-0.15, -0.1) is 20.6 Å². The summed E-state index contributed by atoms with van der Waals surface area (Å²) in [4.78, 5) is 28.9. The van der Waals surface area contributed by atoms with Crippen molar-refractivity contribution >= 4 is 63.9 Å². The molecule has 1 N–H and O–H groups in total. The lowest BCUT2D eigenvalue weighted by Crippen LogP contribution is -2.27. The number of fused-ring (bicyclic) bond motifs is 4. The summed E-state index contributed by atoms with van der Waals surface area (Å²) in [5.41, 5.74) is 3.16. The van der Waals surface area contributed by atoms with Gasteiger partial charge in [0.1, 0.15) is 16.7 Å². The number of anilines is 2. The second-order valence-corrected chi connectivity index (χ2v) is 15.2. The number of ether oxygens (including phenoxy) is 3. The highest BCUT2D eigenvalue weighted by Gasteiger charge is 2.30. The molecule has 1 aromatic carbocycles. The second kappa shape index (κ2) is 17.1. The molecule has 0 spiro atoms. The Labute approximate surface area is 301 Å². The summed E-state index contributed by atoms with van der Waals surface area (Å²) < 4.78 is 31.6. The Hall–Kier alpha value is -3.49. The smallest absolute Gasteiger partial charge is 0.412 e. The molecule has 2 aliphatic rings. The second-order valence-electron chi connectivity index (χ2n) is 13.6. The van der Waals surface area contributed by atoms with Crippen molar-refractivity contribution in [1.82, 2.24) is 15.0 Å². The molecule has 270 valence electrons. The summed E-state index contributed by atoms with van der Waals surface area (Å²) in [5, 5.41) is 15.0. The molecule has 50 heavy (non-hydrogen) atoms. The number of pyridine rings is 1. The summed E-state index contributed by atoms with van der Waals surface area (Å²) in [6.45, 7) is 19.3. The molecule has 10 nitrogen and oxygen atoms in total. The molecule has 5 heterocycles. The third-order valence-electron chi connectivity index (χ3n) is 8.36. The van der Waals surface area contributed by atoms with Gasteiger partial charge in [0.15, 0.2) is 5.82 Å².